The third-order valence-corrected chi connectivity index (χ3v) is 7.36. The molecule has 0 spiro atoms. The van der Waals surface area contributed by atoms with Crippen LogP contribution in [0.1, 0.15) is 94.0 Å². The van der Waals surface area contributed by atoms with E-state index in [-0.39, 0.29) is 11.7 Å². The van der Waals surface area contributed by atoms with Crippen LogP contribution in [-0.2, 0) is 6.54 Å². The van der Waals surface area contributed by atoms with Crippen molar-refractivity contribution in [1.29, 1.82) is 0 Å². The number of benzene rings is 2. The Bertz CT molecular complexity index is 995. The molecule has 1 amide bonds. The molecular formula is C30H41FN2O2S. The molecule has 0 fully saturated rings. The van der Waals surface area contributed by atoms with Gasteiger partial charge in [-0.3, -0.25) is 4.79 Å². The standard InChI is InChI=1S/C30H41FN2O2S/c1-3-4-5-6-7-8-9-10-11-12-18-35-29-17-16-27(20-28(29)31)32-30(34)26-15-13-14-25(19-26)22-33-21-24(2)36-23-33/h13-17,19-21H,3-12,18,22-23H2,1-2H3,(H,32,34). The van der Waals surface area contributed by atoms with Crippen LogP contribution in [0.4, 0.5) is 10.1 Å². The molecule has 0 saturated heterocycles. The number of thioether (sulfide) groups is 1. The Kier molecular flexibility index (Phi) is 12.2. The highest BCUT2D eigenvalue weighted by atomic mass is 32.2. The van der Waals surface area contributed by atoms with E-state index in [9.17, 15) is 9.18 Å². The molecule has 0 aromatic heterocycles. The summed E-state index contributed by atoms with van der Waals surface area (Å²) in [4.78, 5) is 16.3. The summed E-state index contributed by atoms with van der Waals surface area (Å²) in [7, 11) is 0. The Morgan fingerprint density at radius 1 is 1.00 bits per heavy atom. The van der Waals surface area contributed by atoms with Crippen LogP contribution in [0.2, 0.25) is 0 Å². The topological polar surface area (TPSA) is 41.6 Å². The number of rotatable bonds is 16. The van der Waals surface area contributed by atoms with Gasteiger partial charge in [-0.1, -0.05) is 76.8 Å². The van der Waals surface area contributed by atoms with Crippen LogP contribution in [0, 0.1) is 5.82 Å². The SMILES string of the molecule is CCCCCCCCCCCCOc1ccc(NC(=O)c2cccc(CN3C=C(C)SC3)c2)cc1F. The summed E-state index contributed by atoms with van der Waals surface area (Å²) >= 11 is 1.81. The first-order chi connectivity index (χ1) is 17.5. The third kappa shape index (κ3) is 9.88. The molecule has 2 aromatic carbocycles. The first-order valence-electron chi connectivity index (χ1n) is 13.4. The number of ether oxygens (including phenoxy) is 1. The zero-order valence-electron chi connectivity index (χ0n) is 21.9. The number of nitrogens with one attached hydrogen (secondary N) is 1. The molecule has 0 radical (unpaired) electrons. The van der Waals surface area contributed by atoms with Crippen molar-refractivity contribution in [2.75, 3.05) is 17.8 Å². The van der Waals surface area contributed by atoms with Gasteiger partial charge >= 0.3 is 0 Å². The summed E-state index contributed by atoms with van der Waals surface area (Å²) < 4.78 is 20.2. The lowest BCUT2D eigenvalue weighted by Crippen LogP contribution is -2.15. The number of nitrogens with zero attached hydrogens (tertiary/aromatic N) is 1. The Labute approximate surface area is 220 Å². The van der Waals surface area contributed by atoms with Crippen LogP contribution in [0.3, 0.4) is 0 Å². The Hall–Kier alpha value is -2.47. The minimum atomic E-state index is -0.456. The minimum absolute atomic E-state index is 0.234. The van der Waals surface area contributed by atoms with Crippen LogP contribution < -0.4 is 10.1 Å². The molecule has 1 aliphatic heterocycles. The zero-order valence-corrected chi connectivity index (χ0v) is 22.7. The number of allylic oxidation sites excluding steroid dienone is 1. The second-order valence-electron chi connectivity index (χ2n) is 9.59. The molecular weight excluding hydrogens is 471 g/mol. The lowest BCUT2D eigenvalue weighted by atomic mass is 10.1. The Balaban J connectivity index is 1.37. The Morgan fingerprint density at radius 3 is 2.39 bits per heavy atom. The maximum absolute atomic E-state index is 14.5. The number of unbranched alkanes of at least 4 members (excludes halogenated alkanes) is 9. The van der Waals surface area contributed by atoms with Crippen molar-refractivity contribution in [1.82, 2.24) is 4.90 Å². The van der Waals surface area contributed by atoms with Gasteiger partial charge in [0.2, 0.25) is 0 Å². The number of amides is 1. The van der Waals surface area contributed by atoms with Crippen molar-refractivity contribution in [3.05, 3.63) is 70.5 Å². The van der Waals surface area contributed by atoms with E-state index in [2.05, 4.69) is 30.3 Å². The number of hydrogen-bond donors (Lipinski definition) is 1. The minimum Gasteiger partial charge on any atom is -0.491 e. The highest BCUT2D eigenvalue weighted by Crippen LogP contribution is 2.26. The molecule has 0 unspecified atom stereocenters. The van der Waals surface area contributed by atoms with Crippen LogP contribution in [-0.4, -0.2) is 23.3 Å². The fourth-order valence-corrected chi connectivity index (χ4v) is 5.08. The summed E-state index contributed by atoms with van der Waals surface area (Å²) in [5.41, 5.74) is 2.04. The van der Waals surface area contributed by atoms with Crippen molar-refractivity contribution in [2.45, 2.75) is 84.6 Å². The molecule has 4 nitrogen and oxygen atoms in total. The maximum Gasteiger partial charge on any atom is 0.255 e. The smallest absolute Gasteiger partial charge is 0.255 e. The molecule has 2 aromatic rings. The van der Waals surface area contributed by atoms with E-state index in [1.807, 2.05) is 30.0 Å². The summed E-state index contributed by atoms with van der Waals surface area (Å²) in [5, 5.41) is 2.80. The number of hydrogen-bond acceptors (Lipinski definition) is 4. The van der Waals surface area contributed by atoms with Crippen LogP contribution >= 0.6 is 11.8 Å². The van der Waals surface area contributed by atoms with Gasteiger partial charge < -0.3 is 15.0 Å². The van der Waals surface area contributed by atoms with E-state index in [0.717, 1.165) is 30.8 Å². The van der Waals surface area contributed by atoms with Crippen molar-refractivity contribution in [2.24, 2.45) is 0 Å². The number of anilines is 1. The fourth-order valence-electron chi connectivity index (χ4n) is 4.32. The van der Waals surface area contributed by atoms with E-state index < -0.39 is 5.82 Å². The van der Waals surface area contributed by atoms with E-state index >= 15 is 0 Å². The molecule has 1 N–H and O–H groups in total. The van der Waals surface area contributed by atoms with E-state index in [1.54, 1.807) is 18.2 Å². The monoisotopic (exact) mass is 512 g/mol. The first-order valence-corrected chi connectivity index (χ1v) is 14.4. The molecule has 196 valence electrons. The second-order valence-corrected chi connectivity index (χ2v) is 10.8. The lowest BCUT2D eigenvalue weighted by Gasteiger charge is -2.15. The van der Waals surface area contributed by atoms with Gasteiger partial charge in [0.1, 0.15) is 0 Å². The molecule has 0 saturated carbocycles. The van der Waals surface area contributed by atoms with E-state index in [0.29, 0.717) is 17.9 Å². The average molecular weight is 513 g/mol. The van der Waals surface area contributed by atoms with Gasteiger partial charge in [0.15, 0.2) is 11.6 Å². The van der Waals surface area contributed by atoms with Crippen LogP contribution in [0.25, 0.3) is 0 Å². The van der Waals surface area contributed by atoms with Gasteiger partial charge in [0.05, 0.1) is 12.5 Å². The van der Waals surface area contributed by atoms with Crippen molar-refractivity contribution in [3.8, 4) is 5.75 Å². The summed E-state index contributed by atoms with van der Waals surface area (Å²) in [6, 6.07) is 12.2. The normalized spacial score (nSPS) is 13.1. The molecule has 6 heteroatoms. The van der Waals surface area contributed by atoms with Gasteiger partial charge in [-0.05, 0) is 48.1 Å². The highest BCUT2D eigenvalue weighted by molar-refractivity contribution is 8.03. The molecule has 1 aliphatic rings. The Morgan fingerprint density at radius 2 is 1.72 bits per heavy atom. The average Bonchev–Trinajstić information content (AvgIpc) is 3.28. The molecule has 3 rings (SSSR count). The molecule has 0 bridgehead atoms. The molecule has 1 heterocycles. The van der Waals surface area contributed by atoms with Gasteiger partial charge in [-0.25, -0.2) is 4.39 Å². The van der Waals surface area contributed by atoms with Gasteiger partial charge in [0.25, 0.3) is 5.91 Å². The lowest BCUT2D eigenvalue weighted by molar-refractivity contribution is 0.102. The van der Waals surface area contributed by atoms with Crippen molar-refractivity contribution < 1.29 is 13.9 Å². The third-order valence-electron chi connectivity index (χ3n) is 6.34. The fraction of sp³-hybridized carbons (Fsp3) is 0.500. The molecule has 36 heavy (non-hydrogen) atoms. The van der Waals surface area contributed by atoms with Crippen molar-refractivity contribution in [3.63, 3.8) is 0 Å². The summed E-state index contributed by atoms with van der Waals surface area (Å²) in [6.45, 7) is 5.61. The first kappa shape index (κ1) is 28.1. The largest absolute Gasteiger partial charge is 0.491 e. The number of carbonyl (C=O) groups excluding carboxylic acids is 1. The van der Waals surface area contributed by atoms with Gasteiger partial charge in [0, 0.05) is 30.1 Å². The predicted octanol–water partition coefficient (Wildman–Crippen LogP) is 8.75. The van der Waals surface area contributed by atoms with Gasteiger partial charge in [-0.2, -0.15) is 0 Å². The molecule has 0 atom stereocenters. The maximum atomic E-state index is 14.5. The highest BCUT2D eigenvalue weighted by Gasteiger charge is 2.13. The van der Waals surface area contributed by atoms with Crippen LogP contribution in [0.15, 0.2) is 53.6 Å². The number of carbonyl (C=O) groups is 1. The quantitative estimate of drug-likeness (QED) is 0.228. The summed E-state index contributed by atoms with van der Waals surface area (Å²) in [6.07, 6.45) is 14.7. The summed E-state index contributed by atoms with van der Waals surface area (Å²) in [5.74, 6) is 0.452. The second kappa shape index (κ2) is 15.6. The molecule has 0 aliphatic carbocycles. The van der Waals surface area contributed by atoms with E-state index in [1.165, 1.54) is 62.3 Å². The van der Waals surface area contributed by atoms with Gasteiger partial charge in [-0.15, -0.1) is 11.8 Å². The van der Waals surface area contributed by atoms with Crippen LogP contribution in [0.5, 0.6) is 5.75 Å². The zero-order chi connectivity index (χ0) is 25.6. The number of halogens is 1. The van der Waals surface area contributed by atoms with Crippen molar-refractivity contribution >= 4 is 23.4 Å². The van der Waals surface area contributed by atoms with E-state index in [4.69, 9.17) is 4.74 Å². The predicted molar refractivity (Wildman–Crippen MR) is 150 cm³/mol.